The molecule has 0 aromatic heterocycles. The zero-order chi connectivity index (χ0) is 25.7. The van der Waals surface area contributed by atoms with Crippen molar-refractivity contribution >= 4 is 10.8 Å². The van der Waals surface area contributed by atoms with Crippen LogP contribution in [0.2, 0.25) is 0 Å². The molecule has 188 valence electrons. The van der Waals surface area contributed by atoms with Crippen molar-refractivity contribution in [3.63, 3.8) is 0 Å². The molecule has 36 heavy (non-hydrogen) atoms. The number of fused-ring (bicyclic) bond motifs is 1. The third-order valence-corrected chi connectivity index (χ3v) is 6.27. The van der Waals surface area contributed by atoms with Crippen molar-refractivity contribution in [3.05, 3.63) is 112 Å². The Kier molecular flexibility index (Phi) is 7.92. The third kappa shape index (κ3) is 6.62. The van der Waals surface area contributed by atoms with Crippen LogP contribution >= 0.6 is 0 Å². The van der Waals surface area contributed by atoms with Crippen molar-refractivity contribution in [2.45, 2.75) is 51.8 Å². The molecule has 0 aliphatic rings. The van der Waals surface area contributed by atoms with E-state index in [1.807, 2.05) is 18.2 Å². The standard InChI is InChI=1S/C30H27F5O/c1-2-3-20-4-6-21(7-5-20)8-9-22-11-16-26-25(18-22)15-14-24(29(26)32)13-10-23-12-17-28(27(31)19-23)36-30(33,34)35/h4-7,11-12,14-19H,2-3,8-10,13H2,1H3. The molecule has 0 amide bonds. The Morgan fingerprint density at radius 2 is 1.22 bits per heavy atom. The smallest absolute Gasteiger partial charge is 0.403 e. The van der Waals surface area contributed by atoms with Crippen LogP contribution in [-0.4, -0.2) is 6.36 Å². The fourth-order valence-electron chi connectivity index (χ4n) is 4.37. The number of hydrogen-bond donors (Lipinski definition) is 0. The average molecular weight is 499 g/mol. The molecule has 4 aromatic rings. The van der Waals surface area contributed by atoms with Crippen LogP contribution in [0.3, 0.4) is 0 Å². The Balaban J connectivity index is 1.40. The van der Waals surface area contributed by atoms with Gasteiger partial charge in [-0.25, -0.2) is 8.78 Å². The number of halogens is 5. The molecule has 4 aromatic carbocycles. The Labute approximate surface area is 207 Å². The van der Waals surface area contributed by atoms with Gasteiger partial charge in [0.1, 0.15) is 5.82 Å². The first-order valence-corrected chi connectivity index (χ1v) is 12.0. The third-order valence-electron chi connectivity index (χ3n) is 6.27. The predicted molar refractivity (Wildman–Crippen MR) is 132 cm³/mol. The lowest BCUT2D eigenvalue weighted by Gasteiger charge is -2.11. The maximum Gasteiger partial charge on any atom is 0.573 e. The van der Waals surface area contributed by atoms with Crippen molar-refractivity contribution in [3.8, 4) is 5.75 Å². The maximum absolute atomic E-state index is 15.2. The molecule has 0 atom stereocenters. The number of aryl methyl sites for hydroxylation is 5. The summed E-state index contributed by atoms with van der Waals surface area (Å²) in [6, 6.07) is 21.3. The lowest BCUT2D eigenvalue weighted by Crippen LogP contribution is -2.18. The minimum absolute atomic E-state index is 0.279. The van der Waals surface area contributed by atoms with Gasteiger partial charge in [-0.15, -0.1) is 13.2 Å². The molecule has 0 spiro atoms. The summed E-state index contributed by atoms with van der Waals surface area (Å²) >= 11 is 0. The van der Waals surface area contributed by atoms with Gasteiger partial charge in [0.15, 0.2) is 11.6 Å². The zero-order valence-electron chi connectivity index (χ0n) is 20.0. The highest BCUT2D eigenvalue weighted by molar-refractivity contribution is 5.84. The summed E-state index contributed by atoms with van der Waals surface area (Å²) in [5.74, 6) is -2.32. The molecule has 0 unspecified atom stereocenters. The Bertz CT molecular complexity index is 1330. The van der Waals surface area contributed by atoms with Gasteiger partial charge in [-0.2, -0.15) is 0 Å². The molecule has 0 bridgehead atoms. The van der Waals surface area contributed by atoms with Gasteiger partial charge in [-0.1, -0.05) is 74.0 Å². The summed E-state index contributed by atoms with van der Waals surface area (Å²) in [5, 5.41) is 1.33. The second kappa shape index (κ2) is 11.1. The van der Waals surface area contributed by atoms with Crippen molar-refractivity contribution in [1.29, 1.82) is 0 Å². The molecule has 6 heteroatoms. The highest BCUT2D eigenvalue weighted by Crippen LogP contribution is 2.28. The van der Waals surface area contributed by atoms with Crippen LogP contribution in [0.1, 0.15) is 41.2 Å². The van der Waals surface area contributed by atoms with E-state index in [4.69, 9.17) is 0 Å². The van der Waals surface area contributed by atoms with Gasteiger partial charge < -0.3 is 4.74 Å². The molecule has 0 heterocycles. The molecule has 0 aliphatic carbocycles. The quantitative estimate of drug-likeness (QED) is 0.210. The lowest BCUT2D eigenvalue weighted by molar-refractivity contribution is -0.275. The fourth-order valence-corrected chi connectivity index (χ4v) is 4.37. The van der Waals surface area contributed by atoms with Gasteiger partial charge >= 0.3 is 6.36 Å². The van der Waals surface area contributed by atoms with E-state index in [0.29, 0.717) is 16.5 Å². The van der Waals surface area contributed by atoms with E-state index in [0.717, 1.165) is 48.8 Å². The first-order chi connectivity index (χ1) is 17.2. The number of benzene rings is 4. The minimum atomic E-state index is -4.96. The van der Waals surface area contributed by atoms with Gasteiger partial charge in [0.05, 0.1) is 0 Å². The average Bonchev–Trinajstić information content (AvgIpc) is 2.84. The Hall–Kier alpha value is -3.41. The topological polar surface area (TPSA) is 9.23 Å². The lowest BCUT2D eigenvalue weighted by atomic mass is 9.97. The molecule has 1 nitrogen and oxygen atoms in total. The van der Waals surface area contributed by atoms with E-state index in [9.17, 15) is 17.6 Å². The second-order valence-electron chi connectivity index (χ2n) is 8.97. The summed E-state index contributed by atoms with van der Waals surface area (Å²) in [6.07, 6.45) is -0.429. The highest BCUT2D eigenvalue weighted by atomic mass is 19.4. The van der Waals surface area contributed by atoms with Gasteiger partial charge in [0.25, 0.3) is 0 Å². The summed E-state index contributed by atoms with van der Waals surface area (Å²) in [5.41, 5.74) is 4.67. The summed E-state index contributed by atoms with van der Waals surface area (Å²) in [4.78, 5) is 0. The van der Waals surface area contributed by atoms with Crippen LogP contribution in [0.5, 0.6) is 5.75 Å². The molecule has 0 radical (unpaired) electrons. The van der Waals surface area contributed by atoms with E-state index in [1.54, 1.807) is 12.1 Å². The minimum Gasteiger partial charge on any atom is -0.403 e. The maximum atomic E-state index is 15.2. The van der Waals surface area contributed by atoms with Crippen molar-refractivity contribution in [1.82, 2.24) is 0 Å². The molecular weight excluding hydrogens is 471 g/mol. The molecule has 0 N–H and O–H groups in total. The SMILES string of the molecule is CCCc1ccc(CCc2ccc3c(F)c(CCc4ccc(OC(F)(F)F)c(F)c4)ccc3c2)cc1. The largest absolute Gasteiger partial charge is 0.573 e. The normalized spacial score (nSPS) is 11.7. The summed E-state index contributed by atoms with van der Waals surface area (Å²) < 4.78 is 69.7. The number of alkyl halides is 3. The molecule has 0 aliphatic heterocycles. The van der Waals surface area contributed by atoms with Gasteiger partial charge in [-0.3, -0.25) is 0 Å². The Morgan fingerprint density at radius 3 is 1.89 bits per heavy atom. The van der Waals surface area contributed by atoms with Crippen LogP contribution in [0.4, 0.5) is 22.0 Å². The van der Waals surface area contributed by atoms with Gasteiger partial charge in [0.2, 0.25) is 0 Å². The fraction of sp³-hybridized carbons (Fsp3) is 0.267. The van der Waals surface area contributed by atoms with Gasteiger partial charge in [-0.05, 0) is 77.4 Å². The van der Waals surface area contributed by atoms with Crippen LogP contribution < -0.4 is 4.74 Å². The van der Waals surface area contributed by atoms with Crippen molar-refractivity contribution in [2.24, 2.45) is 0 Å². The van der Waals surface area contributed by atoms with Gasteiger partial charge in [0, 0.05) is 5.39 Å². The van der Waals surface area contributed by atoms with E-state index in [2.05, 4.69) is 35.9 Å². The monoisotopic (exact) mass is 498 g/mol. The molecule has 0 fully saturated rings. The Morgan fingerprint density at radius 1 is 0.639 bits per heavy atom. The number of hydrogen-bond acceptors (Lipinski definition) is 1. The molecule has 4 rings (SSSR count). The summed E-state index contributed by atoms with van der Waals surface area (Å²) in [7, 11) is 0. The summed E-state index contributed by atoms with van der Waals surface area (Å²) in [6.45, 7) is 2.17. The first-order valence-electron chi connectivity index (χ1n) is 12.0. The van der Waals surface area contributed by atoms with Crippen LogP contribution in [0, 0.1) is 11.6 Å². The highest BCUT2D eigenvalue weighted by Gasteiger charge is 2.32. The van der Waals surface area contributed by atoms with Crippen LogP contribution in [0.15, 0.2) is 72.8 Å². The van der Waals surface area contributed by atoms with E-state index < -0.39 is 17.9 Å². The van der Waals surface area contributed by atoms with Crippen molar-refractivity contribution < 1.29 is 26.7 Å². The first kappa shape index (κ1) is 25.7. The predicted octanol–water partition coefficient (Wildman–Crippen LogP) is 8.54. The zero-order valence-corrected chi connectivity index (χ0v) is 20.0. The molecular formula is C30H27F5O. The second-order valence-corrected chi connectivity index (χ2v) is 8.97. The van der Waals surface area contributed by atoms with Crippen LogP contribution in [0.25, 0.3) is 10.8 Å². The van der Waals surface area contributed by atoms with E-state index >= 15 is 4.39 Å². The molecule has 0 saturated carbocycles. The van der Waals surface area contributed by atoms with E-state index in [-0.39, 0.29) is 18.7 Å². The number of ether oxygens (including phenoxy) is 1. The van der Waals surface area contributed by atoms with E-state index in [1.165, 1.54) is 17.2 Å². The van der Waals surface area contributed by atoms with Crippen LogP contribution in [-0.2, 0) is 32.1 Å². The number of rotatable bonds is 9. The van der Waals surface area contributed by atoms with Crippen molar-refractivity contribution in [2.75, 3.05) is 0 Å². The molecule has 0 saturated heterocycles.